The molecule has 0 aliphatic carbocycles. The summed E-state index contributed by atoms with van der Waals surface area (Å²) in [5.41, 5.74) is 1.23. The molecule has 2 N–H and O–H groups in total. The molecule has 0 bridgehead atoms. The van der Waals surface area contributed by atoms with E-state index in [9.17, 15) is 0 Å². The molecule has 0 saturated carbocycles. The Morgan fingerprint density at radius 3 is 2.74 bits per heavy atom. The predicted octanol–water partition coefficient (Wildman–Crippen LogP) is 1.94. The van der Waals surface area contributed by atoms with Crippen molar-refractivity contribution in [1.29, 1.82) is 0 Å². The molecule has 1 aromatic heterocycles. The molecule has 19 heavy (non-hydrogen) atoms. The van der Waals surface area contributed by atoms with E-state index in [0.29, 0.717) is 5.11 Å². The van der Waals surface area contributed by atoms with Gasteiger partial charge in [0.25, 0.3) is 0 Å². The van der Waals surface area contributed by atoms with Crippen molar-refractivity contribution in [2.24, 2.45) is 0 Å². The Hall–Kier alpha value is -1.88. The summed E-state index contributed by atoms with van der Waals surface area (Å²) in [7, 11) is 0. The van der Waals surface area contributed by atoms with E-state index < -0.39 is 0 Å². The van der Waals surface area contributed by atoms with Crippen LogP contribution in [0.1, 0.15) is 12.0 Å². The summed E-state index contributed by atoms with van der Waals surface area (Å²) >= 11 is 5.22. The van der Waals surface area contributed by atoms with Gasteiger partial charge in [0, 0.05) is 32.0 Å². The quantitative estimate of drug-likeness (QED) is 0.624. The Bertz CT molecular complexity index is 481. The van der Waals surface area contributed by atoms with E-state index in [1.807, 2.05) is 35.1 Å². The Labute approximate surface area is 118 Å². The zero-order valence-corrected chi connectivity index (χ0v) is 11.6. The maximum absolute atomic E-state index is 5.22. The predicted molar refractivity (Wildman–Crippen MR) is 80.7 cm³/mol. The fourth-order valence-electron chi connectivity index (χ4n) is 1.72. The van der Waals surface area contributed by atoms with Crippen LogP contribution >= 0.6 is 12.2 Å². The number of aromatic nitrogens is 2. The lowest BCUT2D eigenvalue weighted by Gasteiger charge is -2.10. The van der Waals surface area contributed by atoms with Crippen molar-refractivity contribution < 1.29 is 0 Å². The van der Waals surface area contributed by atoms with Gasteiger partial charge in [-0.3, -0.25) is 4.68 Å². The molecule has 1 heterocycles. The fourth-order valence-corrected chi connectivity index (χ4v) is 1.89. The van der Waals surface area contributed by atoms with E-state index in [0.717, 1.165) is 26.1 Å². The van der Waals surface area contributed by atoms with E-state index >= 15 is 0 Å². The summed E-state index contributed by atoms with van der Waals surface area (Å²) in [5, 5.41) is 11.2. The summed E-state index contributed by atoms with van der Waals surface area (Å²) in [6.07, 6.45) is 4.75. The van der Waals surface area contributed by atoms with Crippen LogP contribution in [0.5, 0.6) is 0 Å². The first kappa shape index (κ1) is 13.5. The van der Waals surface area contributed by atoms with Gasteiger partial charge in [0.2, 0.25) is 0 Å². The van der Waals surface area contributed by atoms with Crippen LogP contribution in [0.15, 0.2) is 48.8 Å². The van der Waals surface area contributed by atoms with Crippen LogP contribution in [0.2, 0.25) is 0 Å². The standard InChI is InChI=1S/C14H18N4S/c19-14(16-12-13-6-2-1-3-7-13)15-8-4-10-18-11-5-9-17-18/h1-3,5-7,9,11H,4,8,10,12H2,(H2,15,16,19). The van der Waals surface area contributed by atoms with Gasteiger partial charge in [-0.05, 0) is 30.3 Å². The topological polar surface area (TPSA) is 41.9 Å². The van der Waals surface area contributed by atoms with Gasteiger partial charge < -0.3 is 10.6 Å². The summed E-state index contributed by atoms with van der Waals surface area (Å²) in [5.74, 6) is 0. The van der Waals surface area contributed by atoms with E-state index in [1.54, 1.807) is 6.20 Å². The zero-order valence-electron chi connectivity index (χ0n) is 10.7. The van der Waals surface area contributed by atoms with Crippen LogP contribution in [0.4, 0.5) is 0 Å². The molecular formula is C14H18N4S. The molecule has 0 aliphatic heterocycles. The number of thiocarbonyl (C=S) groups is 1. The second-order valence-electron chi connectivity index (χ2n) is 4.22. The first-order chi connectivity index (χ1) is 9.34. The molecule has 0 saturated heterocycles. The lowest BCUT2D eigenvalue weighted by Crippen LogP contribution is -2.35. The first-order valence-electron chi connectivity index (χ1n) is 6.37. The molecule has 0 spiro atoms. The van der Waals surface area contributed by atoms with Crippen molar-refractivity contribution >= 4 is 17.3 Å². The summed E-state index contributed by atoms with van der Waals surface area (Å²) in [6.45, 7) is 2.51. The Morgan fingerprint density at radius 1 is 1.16 bits per heavy atom. The molecule has 1 aromatic carbocycles. The maximum Gasteiger partial charge on any atom is 0.166 e. The fraction of sp³-hybridized carbons (Fsp3) is 0.286. The molecule has 100 valence electrons. The van der Waals surface area contributed by atoms with Crippen LogP contribution in [0, 0.1) is 0 Å². The van der Waals surface area contributed by atoms with Gasteiger partial charge in [-0.15, -0.1) is 0 Å². The van der Waals surface area contributed by atoms with E-state index in [-0.39, 0.29) is 0 Å². The van der Waals surface area contributed by atoms with Gasteiger partial charge in [-0.1, -0.05) is 30.3 Å². The Kier molecular flexibility index (Phi) is 5.37. The molecule has 0 amide bonds. The van der Waals surface area contributed by atoms with E-state index in [1.165, 1.54) is 5.56 Å². The summed E-state index contributed by atoms with van der Waals surface area (Å²) in [4.78, 5) is 0. The molecule has 5 heteroatoms. The average molecular weight is 274 g/mol. The van der Waals surface area contributed by atoms with E-state index in [4.69, 9.17) is 12.2 Å². The number of aryl methyl sites for hydroxylation is 1. The molecule has 0 unspecified atom stereocenters. The number of hydrogen-bond donors (Lipinski definition) is 2. The highest BCUT2D eigenvalue weighted by Gasteiger charge is 1.96. The maximum atomic E-state index is 5.22. The third-order valence-electron chi connectivity index (χ3n) is 2.70. The van der Waals surface area contributed by atoms with Gasteiger partial charge in [0.1, 0.15) is 0 Å². The molecular weight excluding hydrogens is 256 g/mol. The largest absolute Gasteiger partial charge is 0.363 e. The summed E-state index contributed by atoms with van der Waals surface area (Å²) < 4.78 is 1.92. The molecule has 4 nitrogen and oxygen atoms in total. The number of rotatable bonds is 6. The minimum Gasteiger partial charge on any atom is -0.363 e. The molecule has 2 aromatic rings. The van der Waals surface area contributed by atoms with Gasteiger partial charge in [0.05, 0.1) is 0 Å². The molecule has 0 atom stereocenters. The SMILES string of the molecule is S=C(NCCCn1cccn1)NCc1ccccc1. The van der Waals surface area contributed by atoms with Crippen molar-refractivity contribution in [3.05, 3.63) is 54.4 Å². The highest BCUT2D eigenvalue weighted by molar-refractivity contribution is 7.80. The lowest BCUT2D eigenvalue weighted by molar-refractivity contribution is 0.571. The van der Waals surface area contributed by atoms with Crippen molar-refractivity contribution in [1.82, 2.24) is 20.4 Å². The monoisotopic (exact) mass is 274 g/mol. The number of hydrogen-bond acceptors (Lipinski definition) is 2. The van der Waals surface area contributed by atoms with E-state index in [2.05, 4.69) is 27.9 Å². The van der Waals surface area contributed by atoms with Gasteiger partial charge >= 0.3 is 0 Å². The third kappa shape index (κ3) is 5.09. The minimum atomic E-state index is 0.698. The Balaban J connectivity index is 1.57. The number of benzene rings is 1. The highest BCUT2D eigenvalue weighted by Crippen LogP contribution is 1.96. The van der Waals surface area contributed by atoms with Gasteiger partial charge in [-0.25, -0.2) is 0 Å². The molecule has 0 radical (unpaired) electrons. The zero-order chi connectivity index (χ0) is 13.3. The molecule has 0 fully saturated rings. The minimum absolute atomic E-state index is 0.698. The second-order valence-corrected chi connectivity index (χ2v) is 4.63. The van der Waals surface area contributed by atoms with Crippen LogP contribution in [-0.4, -0.2) is 21.4 Å². The second kappa shape index (κ2) is 7.53. The van der Waals surface area contributed by atoms with Crippen LogP contribution in [-0.2, 0) is 13.1 Å². The van der Waals surface area contributed by atoms with Crippen molar-refractivity contribution in [3.63, 3.8) is 0 Å². The van der Waals surface area contributed by atoms with Crippen LogP contribution in [0.25, 0.3) is 0 Å². The number of nitrogens with zero attached hydrogens (tertiary/aromatic N) is 2. The third-order valence-corrected chi connectivity index (χ3v) is 2.99. The lowest BCUT2D eigenvalue weighted by atomic mass is 10.2. The normalized spacial score (nSPS) is 10.1. The smallest absolute Gasteiger partial charge is 0.166 e. The van der Waals surface area contributed by atoms with Crippen molar-refractivity contribution in [2.45, 2.75) is 19.5 Å². The van der Waals surface area contributed by atoms with Crippen molar-refractivity contribution in [2.75, 3.05) is 6.54 Å². The average Bonchev–Trinajstić information content (AvgIpc) is 2.96. The van der Waals surface area contributed by atoms with Crippen LogP contribution < -0.4 is 10.6 Å². The van der Waals surface area contributed by atoms with Crippen LogP contribution in [0.3, 0.4) is 0 Å². The summed E-state index contributed by atoms with van der Waals surface area (Å²) in [6, 6.07) is 12.1. The van der Waals surface area contributed by atoms with Gasteiger partial charge in [-0.2, -0.15) is 5.10 Å². The van der Waals surface area contributed by atoms with Crippen molar-refractivity contribution in [3.8, 4) is 0 Å². The van der Waals surface area contributed by atoms with Gasteiger partial charge in [0.15, 0.2) is 5.11 Å². The number of nitrogens with one attached hydrogen (secondary N) is 2. The molecule has 0 aliphatic rings. The first-order valence-corrected chi connectivity index (χ1v) is 6.78. The molecule has 2 rings (SSSR count). The highest BCUT2D eigenvalue weighted by atomic mass is 32.1. The Morgan fingerprint density at radius 2 is 2.00 bits per heavy atom.